The van der Waals surface area contributed by atoms with Gasteiger partial charge in [-0.3, -0.25) is 9.59 Å². The van der Waals surface area contributed by atoms with Crippen LogP contribution in [0.3, 0.4) is 0 Å². The zero-order chi connectivity index (χ0) is 23.2. The van der Waals surface area contributed by atoms with E-state index in [0.717, 1.165) is 29.4 Å². The number of likely N-dealkylation sites (tertiary alicyclic amines) is 1. The van der Waals surface area contributed by atoms with Crippen LogP contribution in [-0.2, 0) is 11.2 Å². The zero-order valence-electron chi connectivity index (χ0n) is 19.1. The molecule has 2 amide bonds. The first-order chi connectivity index (χ1) is 16.1. The molecule has 4 rings (SSSR count). The van der Waals surface area contributed by atoms with Gasteiger partial charge < -0.3 is 24.7 Å². The monoisotopic (exact) mass is 450 g/mol. The molecule has 2 N–H and O–H groups in total. The second-order valence-corrected chi connectivity index (χ2v) is 8.19. The van der Waals surface area contributed by atoms with Crippen LogP contribution < -0.4 is 14.8 Å². The van der Waals surface area contributed by atoms with E-state index in [1.165, 1.54) is 0 Å². The van der Waals surface area contributed by atoms with E-state index in [9.17, 15) is 9.59 Å². The van der Waals surface area contributed by atoms with Crippen LogP contribution in [0.25, 0.3) is 11.0 Å². The van der Waals surface area contributed by atoms with Crippen LogP contribution in [-0.4, -0.2) is 59.5 Å². The third kappa shape index (κ3) is 5.45. The highest BCUT2D eigenvalue weighted by molar-refractivity contribution is 5.97. The van der Waals surface area contributed by atoms with Crippen LogP contribution in [0.5, 0.6) is 11.5 Å². The van der Waals surface area contributed by atoms with Gasteiger partial charge in [0.2, 0.25) is 5.91 Å². The summed E-state index contributed by atoms with van der Waals surface area (Å²) in [4.78, 5) is 34.4. The number of piperidine rings is 1. The number of aromatic amines is 1. The lowest BCUT2D eigenvalue weighted by molar-refractivity contribution is -0.122. The molecule has 3 aromatic rings. The van der Waals surface area contributed by atoms with Gasteiger partial charge in [0.25, 0.3) is 5.91 Å². The van der Waals surface area contributed by atoms with Gasteiger partial charge in [0.15, 0.2) is 11.5 Å². The summed E-state index contributed by atoms with van der Waals surface area (Å²) in [7, 11) is 1.61. The number of aryl methyl sites for hydroxylation is 1. The second-order valence-electron chi connectivity index (χ2n) is 8.19. The smallest absolute Gasteiger partial charge is 0.253 e. The number of aromatic nitrogens is 2. The number of methoxy groups -OCH3 is 1. The summed E-state index contributed by atoms with van der Waals surface area (Å²) < 4.78 is 10.9. The Morgan fingerprint density at radius 1 is 1.15 bits per heavy atom. The lowest BCUT2D eigenvalue weighted by Crippen LogP contribution is -2.46. The number of benzene rings is 2. The SMILES string of the molecule is CCOc1ccc(CCC(=O)NC2CCN(C(=O)c3ccc4nc[nH]c4c3)CC2)cc1OC. The lowest BCUT2D eigenvalue weighted by Gasteiger charge is -2.32. The summed E-state index contributed by atoms with van der Waals surface area (Å²) in [6, 6.07) is 11.4. The molecule has 0 unspecified atom stereocenters. The van der Waals surface area contributed by atoms with Crippen molar-refractivity contribution in [3.05, 3.63) is 53.9 Å². The summed E-state index contributed by atoms with van der Waals surface area (Å²) in [6.45, 7) is 3.75. The van der Waals surface area contributed by atoms with Gasteiger partial charge in [0.05, 0.1) is 31.1 Å². The minimum atomic E-state index is 0.0146. The first-order valence-electron chi connectivity index (χ1n) is 11.4. The summed E-state index contributed by atoms with van der Waals surface area (Å²) >= 11 is 0. The molecule has 1 fully saturated rings. The molecule has 1 aliphatic heterocycles. The minimum Gasteiger partial charge on any atom is -0.493 e. The molecule has 2 aromatic carbocycles. The number of imidazole rings is 1. The maximum atomic E-state index is 12.9. The highest BCUT2D eigenvalue weighted by Gasteiger charge is 2.25. The predicted molar refractivity (Wildman–Crippen MR) is 126 cm³/mol. The van der Waals surface area contributed by atoms with E-state index in [1.807, 2.05) is 48.2 Å². The van der Waals surface area contributed by atoms with Gasteiger partial charge in [-0.05, 0) is 62.1 Å². The van der Waals surface area contributed by atoms with Gasteiger partial charge in [-0.2, -0.15) is 0 Å². The van der Waals surface area contributed by atoms with Crippen LogP contribution in [0.4, 0.5) is 0 Å². The second kappa shape index (κ2) is 10.4. The average Bonchev–Trinajstić information content (AvgIpc) is 3.31. The molecule has 0 bridgehead atoms. The van der Waals surface area contributed by atoms with Gasteiger partial charge in [0.1, 0.15) is 0 Å². The summed E-state index contributed by atoms with van der Waals surface area (Å²) in [5.74, 6) is 1.43. The Bertz CT molecular complexity index is 1120. The maximum Gasteiger partial charge on any atom is 0.253 e. The molecule has 0 spiro atoms. The molecule has 174 valence electrons. The highest BCUT2D eigenvalue weighted by atomic mass is 16.5. The Balaban J connectivity index is 1.24. The van der Waals surface area contributed by atoms with Crippen molar-refractivity contribution in [2.75, 3.05) is 26.8 Å². The maximum absolute atomic E-state index is 12.9. The summed E-state index contributed by atoms with van der Waals surface area (Å²) in [6.07, 6.45) is 4.16. The van der Waals surface area contributed by atoms with Crippen LogP contribution in [0, 0.1) is 0 Å². The van der Waals surface area contributed by atoms with Crippen molar-refractivity contribution in [2.45, 2.75) is 38.6 Å². The van der Waals surface area contributed by atoms with E-state index in [2.05, 4.69) is 15.3 Å². The fraction of sp³-hybridized carbons (Fsp3) is 0.400. The number of H-pyrrole nitrogens is 1. The third-order valence-electron chi connectivity index (χ3n) is 5.98. The highest BCUT2D eigenvalue weighted by Crippen LogP contribution is 2.28. The van der Waals surface area contributed by atoms with Gasteiger partial charge in [-0.25, -0.2) is 4.98 Å². The molecule has 0 aliphatic carbocycles. The van der Waals surface area contributed by atoms with E-state index < -0.39 is 0 Å². The molecule has 0 atom stereocenters. The number of hydrogen-bond donors (Lipinski definition) is 2. The van der Waals surface area contributed by atoms with Crippen molar-refractivity contribution < 1.29 is 19.1 Å². The molecule has 8 heteroatoms. The van der Waals surface area contributed by atoms with Crippen LogP contribution in [0.2, 0.25) is 0 Å². The fourth-order valence-corrected chi connectivity index (χ4v) is 4.18. The zero-order valence-corrected chi connectivity index (χ0v) is 19.1. The number of fused-ring (bicyclic) bond motifs is 1. The Kier molecular flexibility index (Phi) is 7.12. The molecular formula is C25H30N4O4. The third-order valence-corrected chi connectivity index (χ3v) is 5.98. The van der Waals surface area contributed by atoms with Gasteiger partial charge in [-0.15, -0.1) is 0 Å². The summed E-state index contributed by atoms with van der Waals surface area (Å²) in [5.41, 5.74) is 3.38. The number of carbonyl (C=O) groups is 2. The van der Waals surface area contributed by atoms with E-state index in [0.29, 0.717) is 49.6 Å². The number of ether oxygens (including phenoxy) is 2. The van der Waals surface area contributed by atoms with Crippen molar-refractivity contribution in [1.29, 1.82) is 0 Å². The molecule has 0 radical (unpaired) electrons. The molecule has 33 heavy (non-hydrogen) atoms. The number of carbonyl (C=O) groups excluding carboxylic acids is 2. The normalized spacial score (nSPS) is 14.3. The number of nitrogens with zero attached hydrogens (tertiary/aromatic N) is 2. The van der Waals surface area contributed by atoms with Gasteiger partial charge in [0, 0.05) is 31.1 Å². The van der Waals surface area contributed by atoms with E-state index >= 15 is 0 Å². The molecule has 2 heterocycles. The number of amides is 2. The van der Waals surface area contributed by atoms with Crippen molar-refractivity contribution in [1.82, 2.24) is 20.2 Å². The lowest BCUT2D eigenvalue weighted by atomic mass is 10.0. The summed E-state index contributed by atoms with van der Waals surface area (Å²) in [5, 5.41) is 3.12. The Morgan fingerprint density at radius 3 is 2.73 bits per heavy atom. The van der Waals surface area contributed by atoms with Crippen molar-refractivity contribution in [3.8, 4) is 11.5 Å². The van der Waals surface area contributed by atoms with Crippen molar-refractivity contribution in [2.24, 2.45) is 0 Å². The first kappa shape index (κ1) is 22.6. The molecule has 1 aromatic heterocycles. The van der Waals surface area contributed by atoms with Crippen LogP contribution >= 0.6 is 0 Å². The van der Waals surface area contributed by atoms with Gasteiger partial charge in [-0.1, -0.05) is 6.07 Å². The van der Waals surface area contributed by atoms with Crippen LogP contribution in [0.15, 0.2) is 42.7 Å². The fourth-order valence-electron chi connectivity index (χ4n) is 4.18. The Morgan fingerprint density at radius 2 is 1.97 bits per heavy atom. The standard InChI is InChI=1S/C25H30N4O4/c1-3-33-22-8-4-17(14-23(22)32-2)5-9-24(30)28-19-10-12-29(13-11-19)25(31)18-6-7-20-21(15-18)27-16-26-20/h4,6-8,14-16,19H,3,5,9-13H2,1-2H3,(H,26,27)(H,28,30). The number of nitrogens with one attached hydrogen (secondary N) is 2. The topological polar surface area (TPSA) is 96.5 Å². The van der Waals surface area contributed by atoms with Crippen LogP contribution in [0.1, 0.15) is 42.1 Å². The number of rotatable bonds is 8. The molecule has 0 saturated carbocycles. The molecule has 1 aliphatic rings. The number of hydrogen-bond acceptors (Lipinski definition) is 5. The van der Waals surface area contributed by atoms with Crippen molar-refractivity contribution >= 4 is 22.8 Å². The Labute approximate surface area is 193 Å². The molecular weight excluding hydrogens is 420 g/mol. The van der Waals surface area contributed by atoms with Gasteiger partial charge >= 0.3 is 0 Å². The largest absolute Gasteiger partial charge is 0.493 e. The van der Waals surface area contributed by atoms with E-state index in [1.54, 1.807) is 13.4 Å². The first-order valence-corrected chi connectivity index (χ1v) is 11.4. The van der Waals surface area contributed by atoms with Crippen molar-refractivity contribution in [3.63, 3.8) is 0 Å². The average molecular weight is 451 g/mol. The Hall–Kier alpha value is -3.55. The molecule has 8 nitrogen and oxygen atoms in total. The predicted octanol–water partition coefficient (Wildman–Crippen LogP) is 3.32. The minimum absolute atomic E-state index is 0.0146. The quantitative estimate of drug-likeness (QED) is 0.549. The van der Waals surface area contributed by atoms with E-state index in [-0.39, 0.29) is 17.9 Å². The molecule has 1 saturated heterocycles. The van der Waals surface area contributed by atoms with E-state index in [4.69, 9.17) is 9.47 Å².